The van der Waals surface area contributed by atoms with Gasteiger partial charge in [-0.15, -0.1) is 0 Å². The van der Waals surface area contributed by atoms with Gasteiger partial charge >= 0.3 is 0 Å². The maximum Gasteiger partial charge on any atom is 0.231 e. The minimum atomic E-state index is -0.455. The quantitative estimate of drug-likeness (QED) is 0.517. The van der Waals surface area contributed by atoms with Crippen molar-refractivity contribution >= 4 is 22.7 Å². The topological polar surface area (TPSA) is 118 Å². The number of hydrogen-bond acceptors (Lipinski definition) is 9. The summed E-state index contributed by atoms with van der Waals surface area (Å²) in [5.74, 6) is 2.05. The summed E-state index contributed by atoms with van der Waals surface area (Å²) in [4.78, 5) is 10.9. The number of nitrogens with zero attached hydrogens (tertiary/aromatic N) is 3. The van der Waals surface area contributed by atoms with Crippen molar-refractivity contribution in [2.75, 3.05) is 44.6 Å². The lowest BCUT2D eigenvalue weighted by atomic mass is 9.86. The van der Waals surface area contributed by atoms with Crippen molar-refractivity contribution in [3.63, 3.8) is 0 Å². The lowest BCUT2D eigenvalue weighted by Gasteiger charge is -2.33. The molecule has 9 nitrogen and oxygen atoms in total. The number of ether oxygens (including phenoxy) is 4. The average Bonchev–Trinajstić information content (AvgIpc) is 3.29. The van der Waals surface area contributed by atoms with Crippen LogP contribution < -0.4 is 30.4 Å². The van der Waals surface area contributed by atoms with Gasteiger partial charge in [0.1, 0.15) is 5.82 Å². The van der Waals surface area contributed by atoms with E-state index in [0.717, 1.165) is 48.2 Å². The van der Waals surface area contributed by atoms with Gasteiger partial charge in [-0.25, -0.2) is 4.98 Å². The van der Waals surface area contributed by atoms with Gasteiger partial charge in [0.2, 0.25) is 18.6 Å². The highest BCUT2D eigenvalue weighted by atomic mass is 19.1. The lowest BCUT2D eigenvalue weighted by Crippen LogP contribution is -2.32. The molecule has 0 unspecified atom stereocenters. The van der Waals surface area contributed by atoms with Gasteiger partial charge in [-0.3, -0.25) is 4.90 Å². The van der Waals surface area contributed by atoms with Gasteiger partial charge in [-0.2, -0.15) is 9.37 Å². The second-order valence-electron chi connectivity index (χ2n) is 8.71. The van der Waals surface area contributed by atoms with E-state index in [2.05, 4.69) is 14.9 Å². The highest BCUT2D eigenvalue weighted by Gasteiger charge is 2.31. The molecule has 0 bridgehead atoms. The van der Waals surface area contributed by atoms with Gasteiger partial charge in [-0.05, 0) is 63.4 Å². The number of halogens is 1. The van der Waals surface area contributed by atoms with Crippen LogP contribution in [0, 0.1) is 5.82 Å². The Kier molecular flexibility index (Phi) is 6.38. The largest absolute Gasteiger partial charge is 0.491 e. The first-order valence-electron chi connectivity index (χ1n) is 11.9. The number of fused-ring (bicyclic) bond motifs is 2. The summed E-state index contributed by atoms with van der Waals surface area (Å²) in [6.07, 6.45) is 1.77. The van der Waals surface area contributed by atoms with Crippen molar-refractivity contribution in [1.82, 2.24) is 14.9 Å². The van der Waals surface area contributed by atoms with Crippen LogP contribution in [0.1, 0.15) is 43.7 Å². The molecular weight excluding hydrogens is 453 g/mol. The van der Waals surface area contributed by atoms with Crippen molar-refractivity contribution in [1.29, 1.82) is 0 Å². The van der Waals surface area contributed by atoms with Crippen LogP contribution in [-0.2, 0) is 6.54 Å². The van der Waals surface area contributed by atoms with E-state index in [1.165, 1.54) is 0 Å². The van der Waals surface area contributed by atoms with Crippen LogP contribution in [0.2, 0.25) is 0 Å². The SMILES string of the molecule is CCOc1cc(CN2CCC(c3c4c(cc5nc(N)nc(N)c35)OCO4)CC2)cc(OCC)c1F. The number of aromatic nitrogens is 2. The number of hydrogen-bond donors (Lipinski definition) is 2. The van der Waals surface area contributed by atoms with Gasteiger partial charge in [0.15, 0.2) is 23.0 Å². The molecule has 0 radical (unpaired) electrons. The lowest BCUT2D eigenvalue weighted by molar-refractivity contribution is 0.170. The van der Waals surface area contributed by atoms with Crippen LogP contribution in [0.3, 0.4) is 0 Å². The Morgan fingerprint density at radius 3 is 2.37 bits per heavy atom. The third kappa shape index (κ3) is 4.45. The van der Waals surface area contributed by atoms with Crippen molar-refractivity contribution in [2.45, 2.75) is 39.2 Å². The van der Waals surface area contributed by atoms with E-state index >= 15 is 0 Å². The van der Waals surface area contributed by atoms with E-state index < -0.39 is 5.82 Å². The summed E-state index contributed by atoms with van der Waals surface area (Å²) in [6.45, 7) is 6.96. The van der Waals surface area contributed by atoms with E-state index in [-0.39, 0.29) is 30.2 Å². The second-order valence-corrected chi connectivity index (χ2v) is 8.71. The number of likely N-dealkylation sites (tertiary alicyclic amines) is 1. The molecule has 2 aliphatic rings. The molecule has 2 aliphatic heterocycles. The summed E-state index contributed by atoms with van der Waals surface area (Å²) in [6, 6.07) is 5.34. The van der Waals surface area contributed by atoms with E-state index in [1.54, 1.807) is 12.1 Å². The zero-order valence-corrected chi connectivity index (χ0v) is 20.0. The molecule has 0 aliphatic carbocycles. The Bertz CT molecular complexity index is 1220. The minimum absolute atomic E-state index is 0.131. The third-order valence-electron chi connectivity index (χ3n) is 6.47. The molecule has 0 amide bonds. The van der Waals surface area contributed by atoms with E-state index in [0.29, 0.717) is 36.8 Å². The zero-order valence-electron chi connectivity index (χ0n) is 20.0. The summed E-state index contributed by atoms with van der Waals surface area (Å²) < 4.78 is 37.1. The molecule has 0 atom stereocenters. The van der Waals surface area contributed by atoms with Gasteiger partial charge in [0, 0.05) is 18.2 Å². The number of nitrogen functional groups attached to an aromatic ring is 2. The molecule has 5 rings (SSSR count). The number of nitrogens with two attached hydrogens (primary N) is 2. The Labute approximate surface area is 203 Å². The molecule has 186 valence electrons. The molecule has 4 N–H and O–H groups in total. The highest BCUT2D eigenvalue weighted by Crippen LogP contribution is 2.48. The fourth-order valence-corrected chi connectivity index (χ4v) is 5.01. The number of anilines is 2. The number of piperidine rings is 1. The predicted molar refractivity (Wildman–Crippen MR) is 130 cm³/mol. The maximum absolute atomic E-state index is 14.6. The molecule has 2 aromatic carbocycles. The van der Waals surface area contributed by atoms with Crippen molar-refractivity contribution in [2.24, 2.45) is 0 Å². The van der Waals surface area contributed by atoms with Crippen LogP contribution in [-0.4, -0.2) is 48.0 Å². The summed E-state index contributed by atoms with van der Waals surface area (Å²) in [5, 5.41) is 0.781. The normalized spacial score (nSPS) is 16.1. The van der Waals surface area contributed by atoms with Crippen LogP contribution in [0.15, 0.2) is 18.2 Å². The van der Waals surface area contributed by atoms with E-state index in [9.17, 15) is 4.39 Å². The molecule has 0 spiro atoms. The molecule has 3 aromatic rings. The predicted octanol–water partition coefficient (Wildman–Crippen LogP) is 3.84. The van der Waals surface area contributed by atoms with Crippen molar-refractivity contribution in [3.05, 3.63) is 35.1 Å². The molecule has 0 saturated carbocycles. The van der Waals surface area contributed by atoms with Crippen LogP contribution >= 0.6 is 0 Å². The van der Waals surface area contributed by atoms with Crippen LogP contribution in [0.5, 0.6) is 23.0 Å². The second kappa shape index (κ2) is 9.61. The molecular formula is C25H30FN5O4. The highest BCUT2D eigenvalue weighted by molar-refractivity contribution is 5.96. The van der Waals surface area contributed by atoms with E-state index in [1.807, 2.05) is 19.9 Å². The first kappa shape index (κ1) is 23.2. The number of rotatable bonds is 7. The van der Waals surface area contributed by atoms with Gasteiger partial charge in [-0.1, -0.05) is 0 Å². The molecule has 35 heavy (non-hydrogen) atoms. The zero-order chi connectivity index (χ0) is 24.5. The molecule has 10 heteroatoms. The fourth-order valence-electron chi connectivity index (χ4n) is 5.01. The first-order valence-corrected chi connectivity index (χ1v) is 11.9. The van der Waals surface area contributed by atoms with Gasteiger partial charge < -0.3 is 30.4 Å². The first-order chi connectivity index (χ1) is 17.0. The smallest absolute Gasteiger partial charge is 0.231 e. The Hall–Kier alpha value is -3.53. The molecule has 1 fully saturated rings. The summed E-state index contributed by atoms with van der Waals surface area (Å²) in [5.41, 5.74) is 14.7. The molecule has 1 saturated heterocycles. The Morgan fingerprint density at radius 2 is 1.71 bits per heavy atom. The van der Waals surface area contributed by atoms with Crippen LogP contribution in [0.4, 0.5) is 16.2 Å². The fraction of sp³-hybridized carbons (Fsp3) is 0.440. The molecule has 3 heterocycles. The summed E-state index contributed by atoms with van der Waals surface area (Å²) in [7, 11) is 0. The van der Waals surface area contributed by atoms with Crippen molar-refractivity contribution < 1.29 is 23.3 Å². The number of benzene rings is 2. The summed E-state index contributed by atoms with van der Waals surface area (Å²) >= 11 is 0. The minimum Gasteiger partial charge on any atom is -0.491 e. The maximum atomic E-state index is 14.6. The van der Waals surface area contributed by atoms with Gasteiger partial charge in [0.25, 0.3) is 0 Å². The van der Waals surface area contributed by atoms with E-state index in [4.69, 9.17) is 30.4 Å². The third-order valence-corrected chi connectivity index (χ3v) is 6.47. The Balaban J connectivity index is 1.38. The average molecular weight is 484 g/mol. The molecule has 1 aromatic heterocycles. The van der Waals surface area contributed by atoms with Gasteiger partial charge in [0.05, 0.1) is 24.1 Å². The van der Waals surface area contributed by atoms with Crippen LogP contribution in [0.25, 0.3) is 10.9 Å². The standard InChI is InChI=1S/C25H30FN5O4/c1-3-32-17-9-14(10-18(22(17)26)33-4-2)12-31-7-5-15(6-8-31)20-21-16(29-25(28)30-24(21)27)11-19-23(20)35-13-34-19/h9-11,15H,3-8,12-13H2,1-2H3,(H4,27,28,29,30). The Morgan fingerprint density at radius 1 is 1.03 bits per heavy atom. The van der Waals surface area contributed by atoms with Crippen molar-refractivity contribution in [3.8, 4) is 23.0 Å². The monoisotopic (exact) mass is 483 g/mol.